The maximum absolute atomic E-state index is 11.5. The van der Waals surface area contributed by atoms with Crippen LogP contribution in [0.4, 0.5) is 0 Å². The van der Waals surface area contributed by atoms with Crippen molar-refractivity contribution in [1.82, 2.24) is 9.79 Å². The summed E-state index contributed by atoms with van der Waals surface area (Å²) in [5.41, 5.74) is 0. The van der Waals surface area contributed by atoms with Crippen LogP contribution < -0.4 is 4.84 Å². The SMILES string of the molecule is O=C(On1c(O)ccc1O)C(=O)C(O)ON1CCCC1=O. The molecule has 1 unspecified atom stereocenters. The molecule has 1 aliphatic heterocycles. The number of hydroxylamine groups is 2. The maximum atomic E-state index is 11.5. The third-order valence-electron chi connectivity index (χ3n) is 2.65. The number of Topliss-reactive ketones (excluding diaryl/α,β-unsaturated/α-hetero) is 1. The molecule has 0 spiro atoms. The van der Waals surface area contributed by atoms with Crippen molar-refractivity contribution < 1.29 is 39.4 Å². The molecule has 1 saturated heterocycles. The Hall–Kier alpha value is -2.59. The molecule has 10 heteroatoms. The van der Waals surface area contributed by atoms with E-state index in [2.05, 4.69) is 9.68 Å². The van der Waals surface area contributed by atoms with Gasteiger partial charge in [0.05, 0.1) is 0 Å². The molecule has 0 aromatic carbocycles. The van der Waals surface area contributed by atoms with Gasteiger partial charge in [-0.15, -0.1) is 4.73 Å². The Bertz CT molecular complexity index is 561. The van der Waals surface area contributed by atoms with E-state index < -0.39 is 35.7 Å². The molecule has 114 valence electrons. The lowest BCUT2D eigenvalue weighted by Gasteiger charge is -2.18. The molecule has 0 bridgehead atoms. The molecule has 1 aromatic heterocycles. The van der Waals surface area contributed by atoms with Gasteiger partial charge in [0.2, 0.25) is 17.7 Å². The van der Waals surface area contributed by atoms with Gasteiger partial charge in [-0.3, -0.25) is 9.59 Å². The zero-order chi connectivity index (χ0) is 15.6. The van der Waals surface area contributed by atoms with Gasteiger partial charge in [-0.1, -0.05) is 0 Å². The van der Waals surface area contributed by atoms with Crippen molar-refractivity contribution in [3.8, 4) is 11.8 Å². The molecule has 10 nitrogen and oxygen atoms in total. The fourth-order valence-electron chi connectivity index (χ4n) is 1.63. The highest BCUT2D eigenvalue weighted by Crippen LogP contribution is 2.19. The third-order valence-corrected chi connectivity index (χ3v) is 2.65. The van der Waals surface area contributed by atoms with E-state index in [9.17, 15) is 29.7 Å². The van der Waals surface area contributed by atoms with Crippen molar-refractivity contribution in [3.63, 3.8) is 0 Å². The van der Waals surface area contributed by atoms with Crippen molar-refractivity contribution in [1.29, 1.82) is 0 Å². The largest absolute Gasteiger partial charge is 0.492 e. The van der Waals surface area contributed by atoms with E-state index >= 15 is 0 Å². The lowest BCUT2D eigenvalue weighted by atomic mass is 10.4. The highest BCUT2D eigenvalue weighted by atomic mass is 16.8. The number of rotatable bonds is 5. The van der Waals surface area contributed by atoms with Crippen molar-refractivity contribution in [2.45, 2.75) is 19.1 Å². The minimum atomic E-state index is -2.22. The Morgan fingerprint density at radius 1 is 1.24 bits per heavy atom. The van der Waals surface area contributed by atoms with Crippen LogP contribution >= 0.6 is 0 Å². The van der Waals surface area contributed by atoms with Crippen LogP contribution in [-0.4, -0.2) is 55.6 Å². The van der Waals surface area contributed by atoms with Crippen LogP contribution in [0.3, 0.4) is 0 Å². The quantitative estimate of drug-likeness (QED) is 0.432. The normalized spacial score (nSPS) is 16.0. The van der Waals surface area contributed by atoms with Crippen molar-refractivity contribution in [3.05, 3.63) is 12.1 Å². The molecule has 1 fully saturated rings. The fourth-order valence-corrected chi connectivity index (χ4v) is 1.63. The van der Waals surface area contributed by atoms with E-state index in [0.717, 1.165) is 17.2 Å². The highest BCUT2D eigenvalue weighted by molar-refractivity contribution is 6.35. The highest BCUT2D eigenvalue weighted by Gasteiger charge is 2.32. The molecule has 2 heterocycles. The third kappa shape index (κ3) is 3.12. The lowest BCUT2D eigenvalue weighted by molar-refractivity contribution is -0.242. The number of ketones is 1. The Morgan fingerprint density at radius 3 is 2.38 bits per heavy atom. The summed E-state index contributed by atoms with van der Waals surface area (Å²) in [7, 11) is 0. The number of hydrogen-bond donors (Lipinski definition) is 3. The van der Waals surface area contributed by atoms with Gasteiger partial charge in [-0.2, -0.15) is 0 Å². The number of aromatic nitrogens is 1. The van der Waals surface area contributed by atoms with E-state index in [4.69, 9.17) is 0 Å². The van der Waals surface area contributed by atoms with Gasteiger partial charge in [0.15, 0.2) is 0 Å². The molecule has 3 N–H and O–H groups in total. The summed E-state index contributed by atoms with van der Waals surface area (Å²) in [5.74, 6) is -4.76. The number of aliphatic hydroxyl groups is 1. The van der Waals surface area contributed by atoms with Crippen molar-refractivity contribution in [2.75, 3.05) is 6.54 Å². The summed E-state index contributed by atoms with van der Waals surface area (Å²) in [6, 6.07) is 2.03. The Balaban J connectivity index is 1.95. The predicted molar refractivity (Wildman–Crippen MR) is 62.4 cm³/mol. The predicted octanol–water partition coefficient (Wildman–Crippen LogP) is -1.70. The maximum Gasteiger partial charge on any atom is 0.405 e. The number of carbonyl (C=O) groups is 3. The topological polar surface area (TPSA) is 139 Å². The number of hydrogen-bond acceptors (Lipinski definition) is 8. The fraction of sp³-hybridized carbons (Fsp3) is 0.364. The number of amides is 1. The first kappa shape index (κ1) is 14.8. The molecule has 1 amide bonds. The summed E-state index contributed by atoms with van der Waals surface area (Å²) in [4.78, 5) is 43.2. The van der Waals surface area contributed by atoms with Crippen LogP contribution in [0.2, 0.25) is 0 Å². The Morgan fingerprint density at radius 2 is 1.86 bits per heavy atom. The van der Waals surface area contributed by atoms with Crippen LogP contribution in [-0.2, 0) is 19.2 Å². The first-order valence-electron chi connectivity index (χ1n) is 5.91. The molecule has 1 aromatic rings. The molecule has 2 rings (SSSR count). The van der Waals surface area contributed by atoms with E-state index in [1.807, 2.05) is 0 Å². The second-order valence-corrected chi connectivity index (χ2v) is 4.14. The number of aromatic hydroxyl groups is 2. The van der Waals surface area contributed by atoms with Gasteiger partial charge < -0.3 is 20.2 Å². The van der Waals surface area contributed by atoms with Gasteiger partial charge in [0.1, 0.15) is 0 Å². The van der Waals surface area contributed by atoms with Gasteiger partial charge in [-0.25, -0.2) is 14.7 Å². The number of nitrogens with zero attached hydrogens (tertiary/aromatic N) is 2. The number of aliphatic hydroxyl groups excluding tert-OH is 1. The van der Waals surface area contributed by atoms with Crippen LogP contribution in [0.5, 0.6) is 11.8 Å². The van der Waals surface area contributed by atoms with Gasteiger partial charge >= 0.3 is 5.97 Å². The van der Waals surface area contributed by atoms with Crippen LogP contribution in [0.1, 0.15) is 12.8 Å². The summed E-state index contributed by atoms with van der Waals surface area (Å²) < 4.78 is 0.286. The second kappa shape index (κ2) is 5.81. The summed E-state index contributed by atoms with van der Waals surface area (Å²) >= 11 is 0. The lowest BCUT2D eigenvalue weighted by Crippen LogP contribution is -2.41. The molecule has 0 radical (unpaired) electrons. The molecular weight excluding hydrogens is 288 g/mol. The summed E-state index contributed by atoms with van der Waals surface area (Å²) in [6.07, 6.45) is -1.49. The zero-order valence-corrected chi connectivity index (χ0v) is 10.6. The average molecular weight is 300 g/mol. The van der Waals surface area contributed by atoms with Gasteiger partial charge in [0, 0.05) is 25.1 Å². The molecule has 0 saturated carbocycles. The monoisotopic (exact) mass is 300 g/mol. The van der Waals surface area contributed by atoms with Crippen LogP contribution in [0.25, 0.3) is 0 Å². The van der Waals surface area contributed by atoms with E-state index in [0.29, 0.717) is 6.42 Å². The first-order chi connectivity index (χ1) is 9.90. The molecule has 0 aliphatic carbocycles. The minimum absolute atomic E-state index is 0.192. The molecule has 1 atom stereocenters. The van der Waals surface area contributed by atoms with Crippen molar-refractivity contribution in [2.24, 2.45) is 0 Å². The van der Waals surface area contributed by atoms with Gasteiger partial charge in [-0.05, 0) is 6.42 Å². The van der Waals surface area contributed by atoms with Crippen molar-refractivity contribution >= 4 is 17.7 Å². The number of carbonyl (C=O) groups excluding carboxylic acids is 3. The second-order valence-electron chi connectivity index (χ2n) is 4.14. The molecule has 1 aliphatic rings. The smallest absolute Gasteiger partial charge is 0.405 e. The summed E-state index contributed by atoms with van der Waals surface area (Å²) in [6.45, 7) is 0.192. The Labute approximate surface area is 117 Å². The van der Waals surface area contributed by atoms with E-state index in [1.54, 1.807) is 0 Å². The minimum Gasteiger partial charge on any atom is -0.492 e. The standard InChI is InChI=1S/C11H12N2O8/c14-6-2-1-5-12(6)20-10(18)9(17)11(19)21-13-7(15)3-4-8(13)16/h3-4,10,15-16,18H,1-2,5H2. The van der Waals surface area contributed by atoms with Crippen LogP contribution in [0, 0.1) is 0 Å². The zero-order valence-electron chi connectivity index (χ0n) is 10.6. The first-order valence-corrected chi connectivity index (χ1v) is 5.91. The molecular formula is C11H12N2O8. The molecule has 21 heavy (non-hydrogen) atoms. The average Bonchev–Trinajstić information content (AvgIpc) is 2.98. The summed E-state index contributed by atoms with van der Waals surface area (Å²) in [5, 5.41) is 28.7. The van der Waals surface area contributed by atoms with E-state index in [1.165, 1.54) is 0 Å². The van der Waals surface area contributed by atoms with Crippen LogP contribution in [0.15, 0.2) is 12.1 Å². The Kier molecular flexibility index (Phi) is 4.10. The van der Waals surface area contributed by atoms with Gasteiger partial charge in [0.25, 0.3) is 12.1 Å². The van der Waals surface area contributed by atoms with E-state index in [-0.39, 0.29) is 17.7 Å².